The number of carbonyl (C=O) groups is 2. The Balaban J connectivity index is 1.46. The average molecular weight is 513 g/mol. The van der Waals surface area contributed by atoms with Crippen molar-refractivity contribution in [1.29, 1.82) is 5.26 Å². The molecule has 4 rings (SSSR count). The molecule has 1 N–H and O–H groups in total. The van der Waals surface area contributed by atoms with Gasteiger partial charge in [0.1, 0.15) is 5.67 Å². The topological polar surface area (TPSA) is 86.1 Å². The van der Waals surface area contributed by atoms with Gasteiger partial charge in [0.05, 0.1) is 17.2 Å². The highest BCUT2D eigenvalue weighted by Crippen LogP contribution is 2.37. The van der Waals surface area contributed by atoms with Crippen LogP contribution in [0.15, 0.2) is 54.7 Å². The lowest BCUT2D eigenvalue weighted by atomic mass is 9.85. The Morgan fingerprint density at radius 3 is 2.34 bits per heavy atom. The number of nitrogens with one attached hydrogen (secondary N) is 1. The fourth-order valence-corrected chi connectivity index (χ4v) is 4.88. The summed E-state index contributed by atoms with van der Waals surface area (Å²) in [6.45, 7) is 8.54. The number of carbonyl (C=O) groups excluding carboxylic acids is 2. The Hall–Kier alpha value is -4.05. The third-order valence-electron chi connectivity index (χ3n) is 7.13. The number of pyridine rings is 1. The summed E-state index contributed by atoms with van der Waals surface area (Å²) in [6.07, 6.45) is 2.78. The summed E-state index contributed by atoms with van der Waals surface area (Å²) < 4.78 is 15.7. The maximum Gasteiger partial charge on any atom is 0.257 e. The van der Waals surface area contributed by atoms with E-state index in [9.17, 15) is 9.59 Å². The first kappa shape index (κ1) is 27.0. The van der Waals surface area contributed by atoms with Gasteiger partial charge in [0, 0.05) is 49.1 Å². The van der Waals surface area contributed by atoms with Crippen LogP contribution in [-0.2, 0) is 12.1 Å². The largest absolute Gasteiger partial charge is 0.338 e. The molecule has 196 valence electrons. The zero-order chi connectivity index (χ0) is 27.4. The number of aryl methyl sites for hydroxylation is 2. The molecule has 1 fully saturated rings. The van der Waals surface area contributed by atoms with Crippen LogP contribution in [0, 0.1) is 31.1 Å². The number of hydrogen-bond acceptors (Lipinski definition) is 4. The van der Waals surface area contributed by atoms with E-state index in [4.69, 9.17) is 5.26 Å². The minimum atomic E-state index is -1.54. The van der Waals surface area contributed by atoms with E-state index >= 15 is 4.39 Å². The Morgan fingerprint density at radius 1 is 1.08 bits per heavy atom. The molecule has 0 atom stereocenters. The van der Waals surface area contributed by atoms with Crippen molar-refractivity contribution in [1.82, 2.24) is 9.88 Å². The van der Waals surface area contributed by atoms with Crippen molar-refractivity contribution in [3.63, 3.8) is 0 Å². The molecule has 0 spiro atoms. The lowest BCUT2D eigenvalue weighted by molar-refractivity contribution is 0.0421. The van der Waals surface area contributed by atoms with E-state index < -0.39 is 5.67 Å². The zero-order valence-electron chi connectivity index (χ0n) is 22.3. The van der Waals surface area contributed by atoms with E-state index in [1.807, 2.05) is 32.0 Å². The minimum absolute atomic E-state index is 0.180. The number of anilines is 1. The number of halogens is 1. The average Bonchev–Trinajstić information content (AvgIpc) is 2.90. The summed E-state index contributed by atoms with van der Waals surface area (Å²) in [6, 6.07) is 15.8. The molecular weight excluding hydrogens is 479 g/mol. The van der Waals surface area contributed by atoms with E-state index in [1.165, 1.54) is 0 Å². The van der Waals surface area contributed by atoms with E-state index in [0.717, 1.165) is 23.2 Å². The van der Waals surface area contributed by atoms with Crippen LogP contribution in [0.4, 0.5) is 10.1 Å². The number of alkyl halides is 1. The molecule has 2 aromatic carbocycles. The molecule has 0 radical (unpaired) electrons. The second-order valence-corrected chi connectivity index (χ2v) is 10.5. The maximum atomic E-state index is 15.7. The molecule has 38 heavy (non-hydrogen) atoms. The Labute approximate surface area is 223 Å². The molecule has 0 unspecified atom stereocenters. The van der Waals surface area contributed by atoms with Gasteiger partial charge in [-0.1, -0.05) is 32.0 Å². The predicted octanol–water partition coefficient (Wildman–Crippen LogP) is 6.12. The summed E-state index contributed by atoms with van der Waals surface area (Å²) in [5.74, 6) is 0.00618. The van der Waals surface area contributed by atoms with Gasteiger partial charge in [-0.15, -0.1) is 0 Å². The zero-order valence-corrected chi connectivity index (χ0v) is 22.3. The van der Waals surface area contributed by atoms with Crippen molar-refractivity contribution in [2.24, 2.45) is 5.92 Å². The van der Waals surface area contributed by atoms with E-state index in [1.54, 1.807) is 47.5 Å². The van der Waals surface area contributed by atoms with Crippen LogP contribution in [0.1, 0.15) is 75.4 Å². The number of nitrogens with zero attached hydrogens (tertiary/aromatic N) is 3. The molecule has 3 aromatic rings. The van der Waals surface area contributed by atoms with Gasteiger partial charge in [0.15, 0.2) is 0 Å². The van der Waals surface area contributed by atoms with Crippen LogP contribution in [0.3, 0.4) is 0 Å². The van der Waals surface area contributed by atoms with Gasteiger partial charge in [0.2, 0.25) is 0 Å². The van der Waals surface area contributed by atoms with Gasteiger partial charge in [0.25, 0.3) is 11.8 Å². The molecular formula is C31H33FN4O2. The lowest BCUT2D eigenvalue weighted by Gasteiger charge is -2.37. The number of piperidine rings is 1. The molecule has 6 nitrogen and oxygen atoms in total. The van der Waals surface area contributed by atoms with Crippen molar-refractivity contribution in [2.45, 2.75) is 52.6 Å². The van der Waals surface area contributed by atoms with Crippen LogP contribution in [0.5, 0.6) is 0 Å². The van der Waals surface area contributed by atoms with Gasteiger partial charge >= 0.3 is 0 Å². The smallest absolute Gasteiger partial charge is 0.257 e. The molecule has 1 aliphatic heterocycles. The fraction of sp³-hybridized carbons (Fsp3) is 0.355. The molecule has 0 saturated carbocycles. The highest BCUT2D eigenvalue weighted by Gasteiger charge is 2.38. The third kappa shape index (κ3) is 5.91. The number of rotatable bonds is 6. The highest BCUT2D eigenvalue weighted by molar-refractivity contribution is 6.05. The first-order valence-corrected chi connectivity index (χ1v) is 13.0. The summed E-state index contributed by atoms with van der Waals surface area (Å²) in [5.41, 5.74) is 3.57. The number of amides is 2. The number of benzene rings is 2. The van der Waals surface area contributed by atoms with Crippen LogP contribution < -0.4 is 5.32 Å². The highest BCUT2D eigenvalue weighted by atomic mass is 19.1. The van der Waals surface area contributed by atoms with E-state index in [-0.39, 0.29) is 37.7 Å². The molecule has 0 aliphatic carbocycles. The first-order chi connectivity index (χ1) is 18.1. The standard InChI is InChI=1S/C31H33FN4O2/c1-20(2)15-26-10-7-24(19-34-26)29(37)35-28-17-27(21(3)16-22(28)4)30(38)36-13-11-31(32,12-14-36)25-8-5-23(18-33)6-9-25/h5-10,16-17,19-20H,11-15H2,1-4H3,(H,35,37). The molecule has 0 bridgehead atoms. The summed E-state index contributed by atoms with van der Waals surface area (Å²) in [4.78, 5) is 32.4. The summed E-state index contributed by atoms with van der Waals surface area (Å²) in [5, 5.41) is 11.9. The third-order valence-corrected chi connectivity index (χ3v) is 7.13. The van der Waals surface area contributed by atoms with Crippen molar-refractivity contribution in [2.75, 3.05) is 18.4 Å². The van der Waals surface area contributed by atoms with Gasteiger partial charge < -0.3 is 10.2 Å². The van der Waals surface area contributed by atoms with Crippen LogP contribution >= 0.6 is 0 Å². The van der Waals surface area contributed by atoms with Gasteiger partial charge in [-0.2, -0.15) is 5.26 Å². The quantitative estimate of drug-likeness (QED) is 0.431. The second kappa shape index (κ2) is 11.1. The maximum absolute atomic E-state index is 15.7. The van der Waals surface area contributed by atoms with Gasteiger partial charge in [-0.3, -0.25) is 14.6 Å². The molecule has 1 aromatic heterocycles. The monoisotopic (exact) mass is 512 g/mol. The van der Waals surface area contributed by atoms with E-state index in [0.29, 0.717) is 33.9 Å². The Kier molecular flexibility index (Phi) is 7.91. The molecule has 7 heteroatoms. The fourth-order valence-electron chi connectivity index (χ4n) is 4.88. The van der Waals surface area contributed by atoms with Crippen molar-refractivity contribution >= 4 is 17.5 Å². The molecule has 2 amide bonds. The number of hydrogen-bond donors (Lipinski definition) is 1. The van der Waals surface area contributed by atoms with Crippen molar-refractivity contribution in [3.05, 3.63) is 93.8 Å². The Morgan fingerprint density at radius 2 is 1.76 bits per heavy atom. The van der Waals surface area contributed by atoms with Crippen LogP contribution in [0.25, 0.3) is 0 Å². The van der Waals surface area contributed by atoms with Crippen LogP contribution in [-0.4, -0.2) is 34.8 Å². The molecule has 2 heterocycles. The number of likely N-dealkylation sites (tertiary alicyclic amines) is 1. The SMILES string of the molecule is Cc1cc(C)c(C(=O)N2CCC(F)(c3ccc(C#N)cc3)CC2)cc1NC(=O)c1ccc(CC(C)C)nc1. The first-order valence-electron chi connectivity index (χ1n) is 13.0. The summed E-state index contributed by atoms with van der Waals surface area (Å²) in [7, 11) is 0. The predicted molar refractivity (Wildman–Crippen MR) is 146 cm³/mol. The second-order valence-electron chi connectivity index (χ2n) is 10.5. The molecule has 1 saturated heterocycles. The van der Waals surface area contributed by atoms with Gasteiger partial charge in [-0.25, -0.2) is 4.39 Å². The lowest BCUT2D eigenvalue weighted by Crippen LogP contribution is -2.43. The number of aromatic nitrogens is 1. The normalized spacial score (nSPS) is 14.7. The Bertz CT molecular complexity index is 1370. The van der Waals surface area contributed by atoms with Gasteiger partial charge in [-0.05, 0) is 73.2 Å². The minimum Gasteiger partial charge on any atom is -0.338 e. The van der Waals surface area contributed by atoms with Crippen molar-refractivity contribution < 1.29 is 14.0 Å². The summed E-state index contributed by atoms with van der Waals surface area (Å²) >= 11 is 0. The molecule has 1 aliphatic rings. The van der Waals surface area contributed by atoms with E-state index in [2.05, 4.69) is 24.1 Å². The van der Waals surface area contributed by atoms with Crippen molar-refractivity contribution in [3.8, 4) is 6.07 Å². The number of nitriles is 1. The van der Waals surface area contributed by atoms with Crippen LogP contribution in [0.2, 0.25) is 0 Å².